The molecule has 0 radical (unpaired) electrons. The van der Waals surface area contributed by atoms with Crippen molar-refractivity contribution in [1.29, 1.82) is 0 Å². The number of benzene rings is 1. The molecule has 0 atom stereocenters. The van der Waals surface area contributed by atoms with E-state index in [9.17, 15) is 14.9 Å². The van der Waals surface area contributed by atoms with Crippen LogP contribution in [0.2, 0.25) is 0 Å². The molecule has 0 aliphatic heterocycles. The Morgan fingerprint density at radius 1 is 1.23 bits per heavy atom. The van der Waals surface area contributed by atoms with Gasteiger partial charge in [0, 0.05) is 10.9 Å². The average molecular weight is 369 g/mol. The second-order valence-electron chi connectivity index (χ2n) is 5.43. The van der Waals surface area contributed by atoms with Crippen LogP contribution in [0.15, 0.2) is 59.0 Å². The first-order valence-electron chi connectivity index (χ1n) is 7.77. The van der Waals surface area contributed by atoms with Crippen LogP contribution in [0.3, 0.4) is 0 Å². The van der Waals surface area contributed by atoms with Gasteiger partial charge in [0.2, 0.25) is 0 Å². The number of carbonyl (C=O) groups is 1. The van der Waals surface area contributed by atoms with Crippen molar-refractivity contribution in [1.82, 2.24) is 0 Å². The molecule has 0 aliphatic carbocycles. The van der Waals surface area contributed by atoms with E-state index >= 15 is 0 Å². The molecule has 6 nitrogen and oxygen atoms in total. The van der Waals surface area contributed by atoms with Crippen LogP contribution in [-0.2, 0) is 6.61 Å². The summed E-state index contributed by atoms with van der Waals surface area (Å²) < 4.78 is 11.0. The minimum atomic E-state index is -0.496. The zero-order valence-corrected chi connectivity index (χ0v) is 14.7. The third kappa shape index (κ3) is 4.25. The van der Waals surface area contributed by atoms with Crippen LogP contribution < -0.4 is 4.74 Å². The molecule has 0 saturated carbocycles. The molecule has 0 saturated heterocycles. The fourth-order valence-electron chi connectivity index (χ4n) is 2.25. The van der Waals surface area contributed by atoms with E-state index in [0.29, 0.717) is 16.4 Å². The van der Waals surface area contributed by atoms with E-state index in [0.717, 1.165) is 4.88 Å². The SMILES string of the molecule is Cc1ccc(C(=O)/C=C/c2ccc(COc3ccccc3[N+](=O)[O-])o2)s1. The van der Waals surface area contributed by atoms with E-state index in [-0.39, 0.29) is 23.8 Å². The van der Waals surface area contributed by atoms with Crippen LogP contribution in [0, 0.1) is 17.0 Å². The summed E-state index contributed by atoms with van der Waals surface area (Å²) in [5.41, 5.74) is -0.101. The maximum Gasteiger partial charge on any atom is 0.310 e. The van der Waals surface area contributed by atoms with Gasteiger partial charge in [-0.15, -0.1) is 11.3 Å². The highest BCUT2D eigenvalue weighted by Gasteiger charge is 2.14. The van der Waals surface area contributed by atoms with Gasteiger partial charge in [-0.3, -0.25) is 14.9 Å². The zero-order valence-electron chi connectivity index (χ0n) is 13.9. The van der Waals surface area contributed by atoms with Gasteiger partial charge in [0.25, 0.3) is 0 Å². The number of para-hydroxylation sites is 2. The Morgan fingerprint density at radius 2 is 2.04 bits per heavy atom. The predicted molar refractivity (Wildman–Crippen MR) is 98.6 cm³/mol. The number of nitro benzene ring substituents is 1. The summed E-state index contributed by atoms with van der Waals surface area (Å²) in [6.07, 6.45) is 3.04. The predicted octanol–water partition coefficient (Wildman–Crippen LogP) is 5.03. The van der Waals surface area contributed by atoms with E-state index in [2.05, 4.69) is 0 Å². The van der Waals surface area contributed by atoms with Crippen molar-refractivity contribution in [3.8, 4) is 5.75 Å². The van der Waals surface area contributed by atoms with Crippen LogP contribution in [0.5, 0.6) is 5.75 Å². The van der Waals surface area contributed by atoms with Gasteiger partial charge in [0.05, 0.1) is 9.80 Å². The third-order valence-corrected chi connectivity index (χ3v) is 4.51. The van der Waals surface area contributed by atoms with Gasteiger partial charge >= 0.3 is 5.69 Å². The van der Waals surface area contributed by atoms with Gasteiger partial charge < -0.3 is 9.15 Å². The van der Waals surface area contributed by atoms with Crippen LogP contribution >= 0.6 is 11.3 Å². The van der Waals surface area contributed by atoms with Crippen molar-refractivity contribution in [3.05, 3.63) is 86.0 Å². The van der Waals surface area contributed by atoms with Crippen LogP contribution in [0.25, 0.3) is 6.08 Å². The third-order valence-electron chi connectivity index (χ3n) is 3.50. The van der Waals surface area contributed by atoms with Crippen molar-refractivity contribution in [2.45, 2.75) is 13.5 Å². The molecule has 132 valence electrons. The molecule has 0 fully saturated rings. The van der Waals surface area contributed by atoms with E-state index in [1.807, 2.05) is 13.0 Å². The number of allylic oxidation sites excluding steroid dienone is 1. The molecule has 0 N–H and O–H groups in total. The lowest BCUT2D eigenvalue weighted by molar-refractivity contribution is -0.386. The largest absolute Gasteiger partial charge is 0.479 e. The summed E-state index contributed by atoms with van der Waals surface area (Å²) in [5.74, 6) is 1.10. The molecule has 0 unspecified atom stereocenters. The molecular formula is C19H15NO5S. The van der Waals surface area contributed by atoms with Gasteiger partial charge in [-0.25, -0.2) is 0 Å². The average Bonchev–Trinajstić information content (AvgIpc) is 3.27. The van der Waals surface area contributed by atoms with Crippen molar-refractivity contribution < 1.29 is 18.9 Å². The first-order valence-corrected chi connectivity index (χ1v) is 8.58. The number of hydrogen-bond acceptors (Lipinski definition) is 6. The van der Waals surface area contributed by atoms with E-state index < -0.39 is 4.92 Å². The molecule has 1 aromatic carbocycles. The molecular weight excluding hydrogens is 354 g/mol. The van der Waals surface area contributed by atoms with Gasteiger partial charge in [-0.2, -0.15) is 0 Å². The number of carbonyl (C=O) groups excluding carboxylic acids is 1. The second kappa shape index (κ2) is 7.79. The Bertz CT molecular complexity index is 970. The van der Waals surface area contributed by atoms with Crippen molar-refractivity contribution in [2.24, 2.45) is 0 Å². The van der Waals surface area contributed by atoms with Crippen molar-refractivity contribution in [2.75, 3.05) is 0 Å². The number of hydrogen-bond donors (Lipinski definition) is 0. The molecule has 3 aromatic rings. The summed E-state index contributed by atoms with van der Waals surface area (Å²) in [6.45, 7) is 2.00. The minimum absolute atomic E-state index is 0.0523. The molecule has 2 heterocycles. The summed E-state index contributed by atoms with van der Waals surface area (Å²) in [7, 11) is 0. The smallest absolute Gasteiger partial charge is 0.310 e. The molecule has 7 heteroatoms. The number of thiophene rings is 1. The Kier molecular flexibility index (Phi) is 5.28. The normalized spacial score (nSPS) is 11.0. The number of ether oxygens (including phenoxy) is 1. The van der Waals surface area contributed by atoms with Crippen LogP contribution in [0.1, 0.15) is 26.1 Å². The van der Waals surface area contributed by atoms with Crippen molar-refractivity contribution in [3.63, 3.8) is 0 Å². The Hall–Kier alpha value is -3.19. The maximum absolute atomic E-state index is 12.0. The van der Waals surface area contributed by atoms with E-state index in [1.165, 1.54) is 29.5 Å². The summed E-state index contributed by atoms with van der Waals surface area (Å²) >= 11 is 1.44. The lowest BCUT2D eigenvalue weighted by atomic mass is 10.3. The lowest BCUT2D eigenvalue weighted by Gasteiger charge is -2.04. The highest BCUT2D eigenvalue weighted by Crippen LogP contribution is 2.27. The zero-order chi connectivity index (χ0) is 18.5. The Labute approximate surface area is 153 Å². The standard InChI is InChI=1S/C19H15NO5S/c1-13-6-11-19(26-13)17(21)10-9-14-7-8-15(25-14)12-24-18-5-3-2-4-16(18)20(22)23/h2-11H,12H2,1H3/b10-9+. The highest BCUT2D eigenvalue weighted by atomic mass is 32.1. The van der Waals surface area contributed by atoms with Gasteiger partial charge in [0.15, 0.2) is 11.5 Å². The Balaban J connectivity index is 1.62. The molecule has 0 bridgehead atoms. The van der Waals surface area contributed by atoms with E-state index in [4.69, 9.17) is 9.15 Å². The molecule has 0 amide bonds. The lowest BCUT2D eigenvalue weighted by Crippen LogP contribution is -1.97. The van der Waals surface area contributed by atoms with Crippen molar-refractivity contribution >= 4 is 28.9 Å². The summed E-state index contributed by atoms with van der Waals surface area (Å²) in [5, 5.41) is 11.0. The van der Waals surface area contributed by atoms with E-state index in [1.54, 1.807) is 36.4 Å². The number of nitrogens with zero attached hydrogens (tertiary/aromatic N) is 1. The topological polar surface area (TPSA) is 82.6 Å². The molecule has 0 spiro atoms. The minimum Gasteiger partial charge on any atom is -0.479 e. The first-order chi connectivity index (χ1) is 12.5. The van der Waals surface area contributed by atoms with Gasteiger partial charge in [0.1, 0.15) is 18.1 Å². The second-order valence-corrected chi connectivity index (χ2v) is 6.71. The Morgan fingerprint density at radius 3 is 2.77 bits per heavy atom. The van der Waals surface area contributed by atoms with Gasteiger partial charge in [-0.1, -0.05) is 12.1 Å². The molecule has 0 aliphatic rings. The monoisotopic (exact) mass is 369 g/mol. The van der Waals surface area contributed by atoms with Gasteiger partial charge in [-0.05, 0) is 49.4 Å². The summed E-state index contributed by atoms with van der Waals surface area (Å²) in [6, 6.07) is 13.3. The molecule has 26 heavy (non-hydrogen) atoms. The maximum atomic E-state index is 12.0. The number of nitro groups is 1. The molecule has 2 aromatic heterocycles. The fraction of sp³-hybridized carbons (Fsp3) is 0.105. The highest BCUT2D eigenvalue weighted by molar-refractivity contribution is 7.14. The first kappa shape index (κ1) is 17.6. The van der Waals surface area contributed by atoms with Crippen LogP contribution in [-0.4, -0.2) is 10.7 Å². The number of furan rings is 1. The summed E-state index contributed by atoms with van der Waals surface area (Å²) in [4.78, 5) is 24.3. The van der Waals surface area contributed by atoms with Crippen LogP contribution in [0.4, 0.5) is 5.69 Å². The fourth-order valence-corrected chi connectivity index (χ4v) is 3.04. The molecule has 3 rings (SSSR count). The quantitative estimate of drug-likeness (QED) is 0.252. The number of ketones is 1. The number of rotatable bonds is 7. The number of aryl methyl sites for hydroxylation is 1.